The fourth-order valence-corrected chi connectivity index (χ4v) is 2.93. The van der Waals surface area contributed by atoms with Gasteiger partial charge in [-0.05, 0) is 41.7 Å². The number of benzene rings is 1. The van der Waals surface area contributed by atoms with Gasteiger partial charge in [-0.25, -0.2) is 9.97 Å². The predicted octanol–water partition coefficient (Wildman–Crippen LogP) is 3.57. The largest absolute Gasteiger partial charge is 0.483 e. The van der Waals surface area contributed by atoms with Crippen LogP contribution in [0.1, 0.15) is 37.7 Å². The number of rotatable bonds is 6. The maximum atomic E-state index is 12.3. The Hall–Kier alpha value is -3.15. The minimum absolute atomic E-state index is 0.0222. The third-order valence-corrected chi connectivity index (χ3v) is 4.43. The molecule has 2 heterocycles. The van der Waals surface area contributed by atoms with E-state index in [0.29, 0.717) is 6.54 Å². The van der Waals surface area contributed by atoms with E-state index in [-0.39, 0.29) is 17.9 Å². The number of carbonyl (C=O) groups is 1. The maximum Gasteiger partial charge on any atom is 0.258 e. The van der Waals surface area contributed by atoms with Crippen LogP contribution in [0.2, 0.25) is 0 Å². The molecule has 0 aliphatic heterocycles. The minimum atomic E-state index is -0.166. The first-order valence-corrected chi connectivity index (χ1v) is 9.29. The second-order valence-electron chi connectivity index (χ2n) is 7.68. The summed E-state index contributed by atoms with van der Waals surface area (Å²) in [6.45, 7) is 8.68. The van der Waals surface area contributed by atoms with E-state index >= 15 is 0 Å². The van der Waals surface area contributed by atoms with Gasteiger partial charge in [0.1, 0.15) is 17.4 Å². The van der Waals surface area contributed by atoms with Gasteiger partial charge in [0.05, 0.1) is 0 Å². The highest BCUT2D eigenvalue weighted by Crippen LogP contribution is 2.30. The lowest BCUT2D eigenvalue weighted by atomic mass is 9.86. The molecule has 0 spiro atoms. The summed E-state index contributed by atoms with van der Waals surface area (Å²) >= 11 is 0. The van der Waals surface area contributed by atoms with Crippen LogP contribution in [0.3, 0.4) is 0 Å². The number of imidazole rings is 1. The number of hydrogen-bond acceptors (Lipinski definition) is 4. The Morgan fingerprint density at radius 1 is 1.14 bits per heavy atom. The average Bonchev–Trinajstić information content (AvgIpc) is 3.10. The first-order chi connectivity index (χ1) is 13.3. The standard InChI is InChI=1S/C22H26N4O2/c1-16-23-11-12-26(16)20-13-17(9-10-24-20)14-25-21(27)15-28-19-8-6-5-7-18(19)22(2,3)4/h5-13H,14-15H2,1-4H3,(H,25,27). The van der Waals surface area contributed by atoms with Gasteiger partial charge in [0.25, 0.3) is 5.91 Å². The Labute approximate surface area is 165 Å². The van der Waals surface area contributed by atoms with Crippen LogP contribution in [0.5, 0.6) is 5.75 Å². The van der Waals surface area contributed by atoms with Gasteiger partial charge in [0, 0.05) is 25.1 Å². The van der Waals surface area contributed by atoms with Crippen LogP contribution in [0.25, 0.3) is 5.82 Å². The van der Waals surface area contributed by atoms with Crippen molar-refractivity contribution >= 4 is 5.91 Å². The highest BCUT2D eigenvalue weighted by molar-refractivity contribution is 5.77. The van der Waals surface area contributed by atoms with Crippen LogP contribution in [0.4, 0.5) is 0 Å². The lowest BCUT2D eigenvalue weighted by molar-refractivity contribution is -0.123. The lowest BCUT2D eigenvalue weighted by Gasteiger charge is -2.22. The van der Waals surface area contributed by atoms with E-state index in [4.69, 9.17) is 4.74 Å². The van der Waals surface area contributed by atoms with Crippen LogP contribution in [-0.2, 0) is 16.8 Å². The summed E-state index contributed by atoms with van der Waals surface area (Å²) in [6.07, 6.45) is 5.32. The van der Waals surface area contributed by atoms with Crippen molar-refractivity contribution in [1.29, 1.82) is 0 Å². The van der Waals surface area contributed by atoms with Gasteiger partial charge < -0.3 is 10.1 Å². The van der Waals surface area contributed by atoms with Gasteiger partial charge in [-0.15, -0.1) is 0 Å². The second-order valence-corrected chi connectivity index (χ2v) is 7.68. The highest BCUT2D eigenvalue weighted by atomic mass is 16.5. The number of hydrogen-bond donors (Lipinski definition) is 1. The molecule has 3 rings (SSSR count). The molecule has 6 nitrogen and oxygen atoms in total. The zero-order valence-corrected chi connectivity index (χ0v) is 16.8. The van der Waals surface area contributed by atoms with Gasteiger partial charge in [0.15, 0.2) is 6.61 Å². The average molecular weight is 378 g/mol. The summed E-state index contributed by atoms with van der Waals surface area (Å²) in [5, 5.41) is 2.90. The summed E-state index contributed by atoms with van der Waals surface area (Å²) in [5.74, 6) is 2.21. The van der Waals surface area contributed by atoms with Gasteiger partial charge >= 0.3 is 0 Å². The molecule has 2 aromatic heterocycles. The Morgan fingerprint density at radius 3 is 2.64 bits per heavy atom. The molecule has 1 N–H and O–H groups in total. The molecule has 3 aromatic rings. The topological polar surface area (TPSA) is 69.0 Å². The van der Waals surface area contributed by atoms with E-state index < -0.39 is 0 Å². The number of ether oxygens (including phenoxy) is 1. The van der Waals surface area contributed by atoms with Gasteiger partial charge in [0.2, 0.25) is 0 Å². The fourth-order valence-electron chi connectivity index (χ4n) is 2.93. The summed E-state index contributed by atoms with van der Waals surface area (Å²) in [6, 6.07) is 11.6. The molecule has 0 saturated heterocycles. The quantitative estimate of drug-likeness (QED) is 0.712. The van der Waals surface area contributed by atoms with Crippen LogP contribution >= 0.6 is 0 Å². The molecular formula is C22H26N4O2. The van der Waals surface area contributed by atoms with E-state index in [9.17, 15) is 4.79 Å². The highest BCUT2D eigenvalue weighted by Gasteiger charge is 2.18. The third-order valence-electron chi connectivity index (χ3n) is 4.43. The zero-order valence-electron chi connectivity index (χ0n) is 16.8. The van der Waals surface area contributed by atoms with Crippen molar-refractivity contribution in [2.75, 3.05) is 6.61 Å². The summed E-state index contributed by atoms with van der Waals surface area (Å²) in [7, 11) is 0. The molecule has 0 atom stereocenters. The first kappa shape index (κ1) is 19.6. The Balaban J connectivity index is 1.58. The van der Waals surface area contributed by atoms with E-state index in [1.54, 1.807) is 12.4 Å². The fraction of sp³-hybridized carbons (Fsp3) is 0.318. The zero-order chi connectivity index (χ0) is 20.1. The van der Waals surface area contributed by atoms with Crippen LogP contribution in [0.15, 0.2) is 55.0 Å². The number of carbonyl (C=O) groups excluding carboxylic acids is 1. The molecule has 28 heavy (non-hydrogen) atoms. The smallest absolute Gasteiger partial charge is 0.258 e. The van der Waals surface area contributed by atoms with Crippen molar-refractivity contribution < 1.29 is 9.53 Å². The molecular weight excluding hydrogens is 352 g/mol. The Bertz CT molecular complexity index is 957. The molecule has 0 radical (unpaired) electrons. The summed E-state index contributed by atoms with van der Waals surface area (Å²) in [4.78, 5) is 20.8. The van der Waals surface area contributed by atoms with Crippen molar-refractivity contribution in [2.45, 2.75) is 39.7 Å². The van der Waals surface area contributed by atoms with Crippen LogP contribution in [-0.4, -0.2) is 27.0 Å². The Morgan fingerprint density at radius 2 is 1.93 bits per heavy atom. The number of amides is 1. The van der Waals surface area contributed by atoms with Crippen molar-refractivity contribution in [3.05, 3.63) is 71.9 Å². The van der Waals surface area contributed by atoms with Crippen LogP contribution in [0, 0.1) is 6.92 Å². The number of nitrogens with zero attached hydrogens (tertiary/aromatic N) is 3. The molecule has 0 unspecified atom stereocenters. The van der Waals surface area contributed by atoms with Crippen molar-refractivity contribution in [1.82, 2.24) is 19.9 Å². The molecule has 1 aromatic carbocycles. The molecule has 0 aliphatic carbocycles. The van der Waals surface area contributed by atoms with Crippen molar-refractivity contribution in [3.8, 4) is 11.6 Å². The minimum Gasteiger partial charge on any atom is -0.483 e. The van der Waals surface area contributed by atoms with E-state index in [1.807, 2.05) is 54.1 Å². The first-order valence-electron chi connectivity index (χ1n) is 9.29. The second kappa shape index (κ2) is 8.25. The molecule has 6 heteroatoms. The van der Waals surface area contributed by atoms with Crippen molar-refractivity contribution in [3.63, 3.8) is 0 Å². The predicted molar refractivity (Wildman–Crippen MR) is 109 cm³/mol. The lowest BCUT2D eigenvalue weighted by Crippen LogP contribution is -2.29. The third kappa shape index (κ3) is 4.76. The normalized spacial score (nSPS) is 11.3. The SMILES string of the molecule is Cc1nccn1-c1cc(CNC(=O)COc2ccccc2C(C)(C)C)ccn1. The van der Waals surface area contributed by atoms with E-state index in [0.717, 1.165) is 28.5 Å². The van der Waals surface area contributed by atoms with E-state index in [1.165, 1.54) is 0 Å². The number of para-hydroxylation sites is 1. The summed E-state index contributed by atoms with van der Waals surface area (Å²) < 4.78 is 7.68. The molecule has 0 fully saturated rings. The molecule has 0 bridgehead atoms. The van der Waals surface area contributed by atoms with Gasteiger partial charge in [-0.1, -0.05) is 39.0 Å². The van der Waals surface area contributed by atoms with Crippen LogP contribution < -0.4 is 10.1 Å². The number of nitrogens with one attached hydrogen (secondary N) is 1. The van der Waals surface area contributed by atoms with Crippen molar-refractivity contribution in [2.24, 2.45) is 0 Å². The maximum absolute atomic E-state index is 12.3. The number of aryl methyl sites for hydroxylation is 1. The number of pyridine rings is 1. The molecule has 1 amide bonds. The van der Waals surface area contributed by atoms with E-state index in [2.05, 4.69) is 36.1 Å². The monoisotopic (exact) mass is 378 g/mol. The molecule has 146 valence electrons. The van der Waals surface area contributed by atoms with Gasteiger partial charge in [-0.3, -0.25) is 9.36 Å². The van der Waals surface area contributed by atoms with Gasteiger partial charge in [-0.2, -0.15) is 0 Å². The molecule has 0 aliphatic rings. The molecule has 0 saturated carbocycles. The Kier molecular flexibility index (Phi) is 5.78. The number of aromatic nitrogens is 3. The summed E-state index contributed by atoms with van der Waals surface area (Å²) in [5.41, 5.74) is 1.99.